The van der Waals surface area contributed by atoms with Crippen LogP contribution in [0.25, 0.3) is 17.4 Å². The van der Waals surface area contributed by atoms with E-state index in [0.717, 1.165) is 6.42 Å². The van der Waals surface area contributed by atoms with Crippen LogP contribution in [0.4, 0.5) is 0 Å². The second-order valence-corrected chi connectivity index (χ2v) is 10.8. The molecule has 0 bridgehead atoms. The molecular formula is C33H32N2O8S. The number of ether oxygens (including phenoxy) is 4. The lowest BCUT2D eigenvalue weighted by molar-refractivity contribution is -0.139. The van der Waals surface area contributed by atoms with Gasteiger partial charge in [0.15, 0.2) is 4.80 Å². The summed E-state index contributed by atoms with van der Waals surface area (Å²) in [4.78, 5) is 44.8. The molecule has 44 heavy (non-hydrogen) atoms. The van der Waals surface area contributed by atoms with Gasteiger partial charge in [-0.1, -0.05) is 36.8 Å². The van der Waals surface area contributed by atoms with Crippen molar-refractivity contribution in [2.24, 2.45) is 4.99 Å². The second kappa shape index (κ2) is 13.2. The molecule has 10 nitrogen and oxygen atoms in total. The molecule has 0 aliphatic carbocycles. The van der Waals surface area contributed by atoms with Gasteiger partial charge in [-0.3, -0.25) is 9.36 Å². The highest BCUT2D eigenvalue weighted by Gasteiger charge is 2.36. The summed E-state index contributed by atoms with van der Waals surface area (Å²) < 4.78 is 29.4. The topological polar surface area (TPSA) is 119 Å². The summed E-state index contributed by atoms with van der Waals surface area (Å²) in [6, 6.07) is 14.8. The van der Waals surface area contributed by atoms with E-state index >= 15 is 0 Å². The van der Waals surface area contributed by atoms with Gasteiger partial charge in [-0.25, -0.2) is 14.6 Å². The third-order valence-corrected chi connectivity index (χ3v) is 8.07. The molecule has 0 spiro atoms. The molecule has 1 atom stereocenters. The fourth-order valence-electron chi connectivity index (χ4n) is 5.10. The van der Waals surface area contributed by atoms with Crippen LogP contribution in [0.3, 0.4) is 0 Å². The van der Waals surface area contributed by atoms with Gasteiger partial charge in [-0.05, 0) is 55.8 Å². The first-order valence-corrected chi connectivity index (χ1v) is 14.9. The molecule has 0 radical (unpaired) electrons. The van der Waals surface area contributed by atoms with Crippen molar-refractivity contribution in [3.05, 3.63) is 102 Å². The Morgan fingerprint density at radius 2 is 1.84 bits per heavy atom. The van der Waals surface area contributed by atoms with Crippen LogP contribution < -0.4 is 24.4 Å². The average Bonchev–Trinajstić information content (AvgIpc) is 3.64. The third-order valence-electron chi connectivity index (χ3n) is 7.09. The Kier molecular flexibility index (Phi) is 9.15. The number of aromatic nitrogens is 1. The molecule has 5 rings (SSSR count). The third kappa shape index (κ3) is 5.83. The minimum atomic E-state index is -0.868. The van der Waals surface area contributed by atoms with Gasteiger partial charge in [0.05, 0.1) is 49.3 Å². The van der Waals surface area contributed by atoms with Crippen molar-refractivity contribution in [3.8, 4) is 22.8 Å². The summed E-state index contributed by atoms with van der Waals surface area (Å²) in [5.41, 5.74) is 2.12. The summed E-state index contributed by atoms with van der Waals surface area (Å²) in [5, 5.41) is 0. The SMILES string of the molecule is CCCC1=C(C(=O)OCC)[C@@H](c2cc(OC)ccc2OC)n2c(s/c(=C\c3ccc(-c4cccc(C(=O)OC)c4)o3)c2=O)=N1. The highest BCUT2D eigenvalue weighted by atomic mass is 32.1. The van der Waals surface area contributed by atoms with Crippen LogP contribution in [0.5, 0.6) is 11.5 Å². The van der Waals surface area contributed by atoms with Gasteiger partial charge in [0, 0.05) is 17.2 Å². The summed E-state index contributed by atoms with van der Waals surface area (Å²) in [5.74, 6) is 0.973. The van der Waals surface area contributed by atoms with Crippen LogP contribution in [0, 0.1) is 0 Å². The first kappa shape index (κ1) is 30.6. The largest absolute Gasteiger partial charge is 0.497 e. The van der Waals surface area contributed by atoms with Crippen LogP contribution in [0.2, 0.25) is 0 Å². The summed E-state index contributed by atoms with van der Waals surface area (Å²) in [6.07, 6.45) is 2.88. The highest BCUT2D eigenvalue weighted by molar-refractivity contribution is 7.07. The minimum Gasteiger partial charge on any atom is -0.497 e. The van der Waals surface area contributed by atoms with E-state index in [1.165, 1.54) is 30.1 Å². The summed E-state index contributed by atoms with van der Waals surface area (Å²) >= 11 is 1.20. The Morgan fingerprint density at radius 3 is 2.55 bits per heavy atom. The van der Waals surface area contributed by atoms with E-state index in [9.17, 15) is 14.4 Å². The minimum absolute atomic E-state index is 0.164. The van der Waals surface area contributed by atoms with Crippen LogP contribution >= 0.6 is 11.3 Å². The number of carbonyl (C=O) groups excluding carboxylic acids is 2. The van der Waals surface area contributed by atoms with Crippen molar-refractivity contribution in [2.75, 3.05) is 27.9 Å². The number of methoxy groups -OCH3 is 3. The maximum absolute atomic E-state index is 14.1. The lowest BCUT2D eigenvalue weighted by Crippen LogP contribution is -2.40. The Labute approximate surface area is 257 Å². The predicted molar refractivity (Wildman–Crippen MR) is 165 cm³/mol. The molecule has 2 aromatic carbocycles. The van der Waals surface area contributed by atoms with Crippen molar-refractivity contribution >= 4 is 29.4 Å². The molecule has 0 saturated heterocycles. The molecule has 1 aliphatic heterocycles. The van der Waals surface area contributed by atoms with Gasteiger partial charge in [0.25, 0.3) is 5.56 Å². The smallest absolute Gasteiger partial charge is 0.338 e. The van der Waals surface area contributed by atoms with E-state index in [4.69, 9.17) is 28.4 Å². The number of thiazole rings is 1. The summed E-state index contributed by atoms with van der Waals surface area (Å²) in [7, 11) is 4.40. The van der Waals surface area contributed by atoms with Crippen molar-refractivity contribution in [2.45, 2.75) is 32.7 Å². The number of rotatable bonds is 10. The fourth-order valence-corrected chi connectivity index (χ4v) is 6.10. The van der Waals surface area contributed by atoms with Gasteiger partial charge in [0.1, 0.15) is 29.1 Å². The zero-order chi connectivity index (χ0) is 31.4. The van der Waals surface area contributed by atoms with E-state index in [1.54, 1.807) is 68.6 Å². The number of carbonyl (C=O) groups is 2. The van der Waals surface area contributed by atoms with Crippen LogP contribution in [0.15, 0.2) is 80.1 Å². The molecule has 1 aliphatic rings. The Balaban J connectivity index is 1.68. The molecule has 0 amide bonds. The maximum Gasteiger partial charge on any atom is 0.338 e. The number of furan rings is 1. The van der Waals surface area contributed by atoms with E-state index in [1.807, 2.05) is 13.0 Å². The van der Waals surface area contributed by atoms with Gasteiger partial charge in [0.2, 0.25) is 0 Å². The molecule has 0 fully saturated rings. The predicted octanol–water partition coefficient (Wildman–Crippen LogP) is 4.64. The van der Waals surface area contributed by atoms with Gasteiger partial charge in [-0.15, -0.1) is 0 Å². The molecule has 0 unspecified atom stereocenters. The molecule has 11 heteroatoms. The van der Waals surface area contributed by atoms with E-state index in [0.29, 0.717) is 61.2 Å². The normalized spacial score (nSPS) is 14.6. The first-order valence-electron chi connectivity index (χ1n) is 14.1. The maximum atomic E-state index is 14.1. The van der Waals surface area contributed by atoms with Crippen LogP contribution in [-0.4, -0.2) is 44.4 Å². The van der Waals surface area contributed by atoms with Crippen molar-refractivity contribution in [3.63, 3.8) is 0 Å². The van der Waals surface area contributed by atoms with Gasteiger partial charge >= 0.3 is 11.9 Å². The zero-order valence-corrected chi connectivity index (χ0v) is 25.9. The molecule has 0 N–H and O–H groups in total. The highest BCUT2D eigenvalue weighted by Crippen LogP contribution is 2.38. The molecule has 2 aromatic heterocycles. The van der Waals surface area contributed by atoms with Crippen LogP contribution in [-0.2, 0) is 14.3 Å². The Hall–Kier alpha value is -4.90. The number of esters is 2. The zero-order valence-electron chi connectivity index (χ0n) is 25.0. The second-order valence-electron chi connectivity index (χ2n) is 9.80. The number of allylic oxidation sites excluding steroid dienone is 1. The van der Waals surface area contributed by atoms with Gasteiger partial charge in [-0.2, -0.15) is 0 Å². The fraction of sp³-hybridized carbons (Fsp3) is 0.273. The monoisotopic (exact) mass is 616 g/mol. The molecule has 3 heterocycles. The van der Waals surface area contributed by atoms with Crippen molar-refractivity contribution in [1.82, 2.24) is 4.57 Å². The van der Waals surface area contributed by atoms with E-state index < -0.39 is 18.0 Å². The quantitative estimate of drug-likeness (QED) is 0.237. The number of fused-ring (bicyclic) bond motifs is 1. The standard InChI is InChI=1S/C33H32N2O8S/c1-6-9-24-28(32(38)42-7-2)29(23-17-21(39-3)12-15-26(23)40-4)35-30(36)27(44-33(35)34-24)18-22-13-14-25(43-22)19-10-8-11-20(16-19)31(37)41-5/h8,10-18,29H,6-7,9H2,1-5H3/b27-18-/t29-/m1/s1. The number of hydrogen-bond acceptors (Lipinski definition) is 10. The van der Waals surface area contributed by atoms with Gasteiger partial charge < -0.3 is 23.4 Å². The van der Waals surface area contributed by atoms with E-state index in [-0.39, 0.29) is 17.7 Å². The Morgan fingerprint density at radius 1 is 1.02 bits per heavy atom. The summed E-state index contributed by atoms with van der Waals surface area (Å²) in [6.45, 7) is 3.90. The van der Waals surface area contributed by atoms with Crippen molar-refractivity contribution < 1.29 is 33.0 Å². The number of hydrogen-bond donors (Lipinski definition) is 0. The van der Waals surface area contributed by atoms with Crippen LogP contribution in [0.1, 0.15) is 54.4 Å². The molecule has 228 valence electrons. The molecule has 0 saturated carbocycles. The average molecular weight is 617 g/mol. The first-order chi connectivity index (χ1) is 21.3. The Bertz CT molecular complexity index is 1930. The van der Waals surface area contributed by atoms with Crippen molar-refractivity contribution in [1.29, 1.82) is 0 Å². The lowest BCUT2D eigenvalue weighted by Gasteiger charge is -2.27. The number of benzene rings is 2. The molecular weight excluding hydrogens is 584 g/mol. The number of nitrogens with zero attached hydrogens (tertiary/aromatic N) is 2. The van der Waals surface area contributed by atoms with E-state index in [2.05, 4.69) is 0 Å². The molecule has 4 aromatic rings. The lowest BCUT2D eigenvalue weighted by atomic mass is 9.93.